The standard InChI is InChI=1S/C15H22BrNO/c1-3-5-13(4-2)17-10-14-9-11-8-12(16)6-7-15(11)18-14/h6-8,13-14,17H,3-5,9-10H2,1-2H3. The number of hydrogen-bond acceptors (Lipinski definition) is 2. The van der Waals surface area contributed by atoms with Crippen molar-refractivity contribution in [2.24, 2.45) is 0 Å². The van der Waals surface area contributed by atoms with Crippen LogP contribution < -0.4 is 10.1 Å². The number of nitrogens with one attached hydrogen (secondary N) is 1. The molecule has 1 aliphatic heterocycles. The lowest BCUT2D eigenvalue weighted by atomic mass is 10.1. The zero-order valence-electron chi connectivity index (χ0n) is 11.2. The SMILES string of the molecule is CCCC(CC)NCC1Cc2cc(Br)ccc2O1. The van der Waals surface area contributed by atoms with Gasteiger partial charge in [-0.25, -0.2) is 0 Å². The van der Waals surface area contributed by atoms with Gasteiger partial charge >= 0.3 is 0 Å². The lowest BCUT2D eigenvalue weighted by Gasteiger charge is -2.19. The van der Waals surface area contributed by atoms with Gasteiger partial charge in [0.05, 0.1) is 0 Å². The average molecular weight is 312 g/mol. The second-order valence-electron chi connectivity index (χ2n) is 5.00. The molecular weight excluding hydrogens is 290 g/mol. The van der Waals surface area contributed by atoms with E-state index in [0.29, 0.717) is 12.1 Å². The first-order valence-electron chi connectivity index (χ1n) is 6.91. The number of rotatable bonds is 6. The van der Waals surface area contributed by atoms with Gasteiger partial charge in [-0.05, 0) is 36.6 Å². The van der Waals surface area contributed by atoms with Gasteiger partial charge in [0.15, 0.2) is 0 Å². The Hall–Kier alpha value is -0.540. The first-order chi connectivity index (χ1) is 8.72. The quantitative estimate of drug-likeness (QED) is 0.859. The second kappa shape index (κ2) is 6.58. The largest absolute Gasteiger partial charge is 0.488 e. The van der Waals surface area contributed by atoms with Crippen molar-refractivity contribution in [2.75, 3.05) is 6.54 Å². The minimum absolute atomic E-state index is 0.292. The van der Waals surface area contributed by atoms with E-state index in [1.807, 2.05) is 6.07 Å². The molecule has 0 saturated heterocycles. The zero-order chi connectivity index (χ0) is 13.0. The van der Waals surface area contributed by atoms with Gasteiger partial charge in [0.1, 0.15) is 11.9 Å². The van der Waals surface area contributed by atoms with E-state index in [2.05, 4.69) is 47.2 Å². The lowest BCUT2D eigenvalue weighted by Crippen LogP contribution is -2.37. The van der Waals surface area contributed by atoms with Crippen LogP contribution in [0.25, 0.3) is 0 Å². The lowest BCUT2D eigenvalue weighted by molar-refractivity contribution is 0.219. The van der Waals surface area contributed by atoms with Crippen LogP contribution in [0.4, 0.5) is 0 Å². The fourth-order valence-corrected chi connectivity index (χ4v) is 2.91. The predicted octanol–water partition coefficient (Wildman–Crippen LogP) is 3.92. The molecule has 100 valence electrons. The minimum Gasteiger partial charge on any atom is -0.488 e. The Kier molecular flexibility index (Phi) is 5.07. The van der Waals surface area contributed by atoms with E-state index in [4.69, 9.17) is 4.74 Å². The van der Waals surface area contributed by atoms with Gasteiger partial charge in [0, 0.05) is 23.5 Å². The molecule has 1 heterocycles. The zero-order valence-corrected chi connectivity index (χ0v) is 12.8. The van der Waals surface area contributed by atoms with Crippen LogP contribution in [0.15, 0.2) is 22.7 Å². The van der Waals surface area contributed by atoms with Crippen LogP contribution >= 0.6 is 15.9 Å². The topological polar surface area (TPSA) is 21.3 Å². The van der Waals surface area contributed by atoms with E-state index < -0.39 is 0 Å². The van der Waals surface area contributed by atoms with Crippen LogP contribution in [0.5, 0.6) is 5.75 Å². The maximum absolute atomic E-state index is 5.95. The van der Waals surface area contributed by atoms with Crippen LogP contribution in [0.3, 0.4) is 0 Å². The third-order valence-electron chi connectivity index (χ3n) is 3.53. The summed E-state index contributed by atoms with van der Waals surface area (Å²) in [5, 5.41) is 3.63. The Bertz CT molecular complexity index is 394. The van der Waals surface area contributed by atoms with Crippen LogP contribution in [-0.2, 0) is 6.42 Å². The van der Waals surface area contributed by atoms with Gasteiger partial charge in [-0.15, -0.1) is 0 Å². The third-order valence-corrected chi connectivity index (χ3v) is 4.02. The Morgan fingerprint density at radius 1 is 1.44 bits per heavy atom. The average Bonchev–Trinajstić information content (AvgIpc) is 2.76. The summed E-state index contributed by atoms with van der Waals surface area (Å²) in [6, 6.07) is 6.90. The highest BCUT2D eigenvalue weighted by molar-refractivity contribution is 9.10. The summed E-state index contributed by atoms with van der Waals surface area (Å²) in [4.78, 5) is 0. The molecular formula is C15H22BrNO. The first kappa shape index (κ1) is 13.9. The highest BCUT2D eigenvalue weighted by Crippen LogP contribution is 2.31. The second-order valence-corrected chi connectivity index (χ2v) is 5.91. The van der Waals surface area contributed by atoms with Crippen molar-refractivity contribution in [2.45, 2.75) is 51.7 Å². The van der Waals surface area contributed by atoms with Gasteiger partial charge < -0.3 is 10.1 Å². The highest BCUT2D eigenvalue weighted by Gasteiger charge is 2.23. The van der Waals surface area contributed by atoms with E-state index >= 15 is 0 Å². The molecule has 2 unspecified atom stereocenters. The fourth-order valence-electron chi connectivity index (χ4n) is 2.50. The molecule has 0 aliphatic carbocycles. The predicted molar refractivity (Wildman–Crippen MR) is 79.3 cm³/mol. The Labute approximate surface area is 118 Å². The molecule has 0 bridgehead atoms. The van der Waals surface area contributed by atoms with Crippen molar-refractivity contribution >= 4 is 15.9 Å². The summed E-state index contributed by atoms with van der Waals surface area (Å²) in [6.07, 6.45) is 5.00. The number of fused-ring (bicyclic) bond motifs is 1. The van der Waals surface area contributed by atoms with E-state index in [1.54, 1.807) is 0 Å². The molecule has 1 N–H and O–H groups in total. The van der Waals surface area contributed by atoms with Gasteiger partial charge in [-0.3, -0.25) is 0 Å². The van der Waals surface area contributed by atoms with E-state index in [9.17, 15) is 0 Å². The number of ether oxygens (including phenoxy) is 1. The molecule has 0 saturated carbocycles. The van der Waals surface area contributed by atoms with Gasteiger partial charge in [-0.2, -0.15) is 0 Å². The maximum atomic E-state index is 5.95. The minimum atomic E-state index is 0.292. The number of benzene rings is 1. The van der Waals surface area contributed by atoms with Crippen molar-refractivity contribution in [1.29, 1.82) is 0 Å². The number of halogens is 1. The van der Waals surface area contributed by atoms with Crippen molar-refractivity contribution in [1.82, 2.24) is 5.32 Å². The van der Waals surface area contributed by atoms with E-state index in [-0.39, 0.29) is 0 Å². The molecule has 1 aromatic rings. The maximum Gasteiger partial charge on any atom is 0.123 e. The van der Waals surface area contributed by atoms with E-state index in [1.165, 1.54) is 24.8 Å². The van der Waals surface area contributed by atoms with Gasteiger partial charge in [0.2, 0.25) is 0 Å². The van der Waals surface area contributed by atoms with Crippen molar-refractivity contribution in [3.05, 3.63) is 28.2 Å². The van der Waals surface area contributed by atoms with Crippen molar-refractivity contribution < 1.29 is 4.74 Å². The third kappa shape index (κ3) is 3.48. The van der Waals surface area contributed by atoms with Crippen LogP contribution in [-0.4, -0.2) is 18.7 Å². The molecule has 0 fully saturated rings. The molecule has 18 heavy (non-hydrogen) atoms. The van der Waals surface area contributed by atoms with Crippen molar-refractivity contribution in [3.63, 3.8) is 0 Å². The normalized spacial score (nSPS) is 19.4. The molecule has 2 rings (SSSR count). The summed E-state index contributed by atoms with van der Waals surface area (Å²) in [6.45, 7) is 5.43. The molecule has 0 spiro atoms. The van der Waals surface area contributed by atoms with Crippen LogP contribution in [0.2, 0.25) is 0 Å². The summed E-state index contributed by atoms with van der Waals surface area (Å²) >= 11 is 3.51. The molecule has 0 amide bonds. The Morgan fingerprint density at radius 2 is 2.28 bits per heavy atom. The molecule has 2 atom stereocenters. The summed E-state index contributed by atoms with van der Waals surface area (Å²) in [5.41, 5.74) is 1.32. The van der Waals surface area contributed by atoms with Gasteiger partial charge in [-0.1, -0.05) is 36.2 Å². The van der Waals surface area contributed by atoms with Crippen molar-refractivity contribution in [3.8, 4) is 5.75 Å². The van der Waals surface area contributed by atoms with E-state index in [0.717, 1.165) is 23.2 Å². The summed E-state index contributed by atoms with van der Waals surface area (Å²) < 4.78 is 7.09. The first-order valence-corrected chi connectivity index (χ1v) is 7.70. The number of hydrogen-bond donors (Lipinski definition) is 1. The monoisotopic (exact) mass is 311 g/mol. The molecule has 1 aliphatic rings. The smallest absolute Gasteiger partial charge is 0.123 e. The Morgan fingerprint density at radius 3 is 3.00 bits per heavy atom. The summed E-state index contributed by atoms with van der Waals surface area (Å²) in [7, 11) is 0. The molecule has 0 aromatic heterocycles. The van der Waals surface area contributed by atoms with Gasteiger partial charge in [0.25, 0.3) is 0 Å². The fraction of sp³-hybridized carbons (Fsp3) is 0.600. The Balaban J connectivity index is 1.84. The summed E-state index contributed by atoms with van der Waals surface area (Å²) in [5.74, 6) is 1.05. The molecule has 2 nitrogen and oxygen atoms in total. The highest BCUT2D eigenvalue weighted by atomic mass is 79.9. The van der Waals surface area contributed by atoms with Crippen LogP contribution in [0.1, 0.15) is 38.7 Å². The molecule has 0 radical (unpaired) electrons. The van der Waals surface area contributed by atoms with Crippen LogP contribution in [0, 0.1) is 0 Å². The molecule has 3 heteroatoms. The molecule has 1 aromatic carbocycles.